The molecule has 0 heterocycles. The van der Waals surface area contributed by atoms with Crippen LogP contribution in [0.3, 0.4) is 0 Å². The molecule has 94 valence electrons. The van der Waals surface area contributed by atoms with Gasteiger partial charge in [0.2, 0.25) is 0 Å². The molecule has 1 aromatic carbocycles. The van der Waals surface area contributed by atoms with E-state index >= 15 is 0 Å². The number of hydrogen-bond donors (Lipinski definition) is 1. The molecule has 0 radical (unpaired) electrons. The maximum atomic E-state index is 13.5. The van der Waals surface area contributed by atoms with Crippen LogP contribution in [-0.4, -0.2) is 30.9 Å². The number of carbonyl (C=O) groups is 1. The number of carboxylic acids is 1. The fourth-order valence-corrected chi connectivity index (χ4v) is 1.34. The number of ether oxygens (including phenoxy) is 2. The maximum Gasteiger partial charge on any atom is 0.339 e. The highest BCUT2D eigenvalue weighted by atomic mass is 19.1. The van der Waals surface area contributed by atoms with Crippen molar-refractivity contribution in [2.24, 2.45) is 0 Å². The van der Waals surface area contributed by atoms with Gasteiger partial charge < -0.3 is 14.6 Å². The molecule has 0 fully saturated rings. The van der Waals surface area contributed by atoms with Gasteiger partial charge in [-0.2, -0.15) is 0 Å². The van der Waals surface area contributed by atoms with Gasteiger partial charge in [0, 0.05) is 20.1 Å². The van der Waals surface area contributed by atoms with E-state index in [9.17, 15) is 9.18 Å². The van der Waals surface area contributed by atoms with Crippen molar-refractivity contribution in [2.45, 2.75) is 19.4 Å². The molecule has 0 bridgehead atoms. The van der Waals surface area contributed by atoms with Gasteiger partial charge in [0.25, 0.3) is 0 Å². The van der Waals surface area contributed by atoms with Crippen molar-refractivity contribution >= 4 is 5.97 Å². The summed E-state index contributed by atoms with van der Waals surface area (Å²) in [5, 5.41) is 8.91. The third-order valence-corrected chi connectivity index (χ3v) is 2.24. The highest BCUT2D eigenvalue weighted by Crippen LogP contribution is 2.24. The van der Waals surface area contributed by atoms with Crippen LogP contribution in [0.25, 0.3) is 0 Å². The van der Waals surface area contributed by atoms with E-state index in [1.807, 2.05) is 0 Å². The van der Waals surface area contributed by atoms with E-state index in [4.69, 9.17) is 14.6 Å². The zero-order valence-corrected chi connectivity index (χ0v) is 9.77. The normalized spacial score (nSPS) is 12.2. The lowest BCUT2D eigenvalue weighted by Gasteiger charge is -2.16. The first kappa shape index (κ1) is 13.4. The highest BCUT2D eigenvalue weighted by molar-refractivity contribution is 5.90. The van der Waals surface area contributed by atoms with Gasteiger partial charge in [-0.1, -0.05) is 6.07 Å². The summed E-state index contributed by atoms with van der Waals surface area (Å²) in [4.78, 5) is 10.9. The first-order valence-electron chi connectivity index (χ1n) is 5.23. The van der Waals surface area contributed by atoms with Crippen LogP contribution in [0.5, 0.6) is 5.75 Å². The molecule has 0 amide bonds. The Morgan fingerprint density at radius 1 is 1.53 bits per heavy atom. The number of halogens is 1. The van der Waals surface area contributed by atoms with E-state index in [1.54, 1.807) is 14.0 Å². The average Bonchev–Trinajstić information content (AvgIpc) is 2.28. The van der Waals surface area contributed by atoms with Gasteiger partial charge in [0.1, 0.15) is 5.56 Å². The smallest absolute Gasteiger partial charge is 0.339 e. The molecule has 0 aliphatic heterocycles. The second-order valence-corrected chi connectivity index (χ2v) is 3.63. The van der Waals surface area contributed by atoms with Gasteiger partial charge in [-0.15, -0.1) is 0 Å². The van der Waals surface area contributed by atoms with Crippen LogP contribution in [0.1, 0.15) is 23.7 Å². The Balaban J connectivity index is 2.85. The lowest BCUT2D eigenvalue weighted by Crippen LogP contribution is -2.17. The summed E-state index contributed by atoms with van der Waals surface area (Å²) in [6, 6.07) is 3.82. The fraction of sp³-hybridized carbons (Fsp3) is 0.417. The zero-order valence-electron chi connectivity index (χ0n) is 9.77. The monoisotopic (exact) mass is 242 g/mol. The largest absolute Gasteiger partial charge is 0.487 e. The molecule has 1 N–H and O–H groups in total. The standard InChI is InChI=1S/C12H15FO4/c1-8(6-7-16-2)17-11-9(12(14)15)4-3-5-10(11)13/h3-5,8H,6-7H2,1-2H3,(H,14,15). The second kappa shape index (κ2) is 6.20. The van der Waals surface area contributed by atoms with Gasteiger partial charge in [0.15, 0.2) is 11.6 Å². The van der Waals surface area contributed by atoms with Crippen molar-refractivity contribution in [3.05, 3.63) is 29.6 Å². The van der Waals surface area contributed by atoms with Crippen LogP contribution in [0.2, 0.25) is 0 Å². The molecule has 1 rings (SSSR count). The minimum atomic E-state index is -1.21. The average molecular weight is 242 g/mol. The lowest BCUT2D eigenvalue weighted by atomic mass is 10.2. The first-order chi connectivity index (χ1) is 8.06. The summed E-state index contributed by atoms with van der Waals surface area (Å²) < 4.78 is 23.6. The number of para-hydroxylation sites is 1. The van der Waals surface area contributed by atoms with Gasteiger partial charge in [-0.25, -0.2) is 9.18 Å². The number of benzene rings is 1. The minimum Gasteiger partial charge on any atom is -0.487 e. The predicted octanol–water partition coefficient (Wildman–Crippen LogP) is 2.33. The van der Waals surface area contributed by atoms with Crippen LogP contribution in [-0.2, 0) is 4.74 Å². The number of aromatic carboxylic acids is 1. The molecule has 0 saturated heterocycles. The van der Waals surface area contributed by atoms with Crippen LogP contribution in [0.4, 0.5) is 4.39 Å². The molecule has 4 nitrogen and oxygen atoms in total. The summed E-state index contributed by atoms with van der Waals surface area (Å²) >= 11 is 0. The molecule has 0 saturated carbocycles. The summed E-state index contributed by atoms with van der Waals surface area (Å²) in [7, 11) is 1.55. The number of rotatable bonds is 6. The topological polar surface area (TPSA) is 55.8 Å². The summed E-state index contributed by atoms with van der Waals surface area (Å²) in [5.41, 5.74) is -0.172. The third-order valence-electron chi connectivity index (χ3n) is 2.24. The van der Waals surface area contributed by atoms with Crippen molar-refractivity contribution in [1.29, 1.82) is 0 Å². The van der Waals surface area contributed by atoms with E-state index in [0.29, 0.717) is 13.0 Å². The lowest BCUT2D eigenvalue weighted by molar-refractivity contribution is 0.0685. The molecule has 1 aromatic rings. The Kier molecular flexibility index (Phi) is 4.90. The Morgan fingerprint density at radius 3 is 2.82 bits per heavy atom. The summed E-state index contributed by atoms with van der Waals surface area (Å²) in [6.45, 7) is 2.20. The summed E-state index contributed by atoms with van der Waals surface area (Å²) in [6.07, 6.45) is 0.245. The molecular formula is C12H15FO4. The number of hydrogen-bond acceptors (Lipinski definition) is 3. The van der Waals surface area contributed by atoms with Crippen LogP contribution < -0.4 is 4.74 Å². The minimum absolute atomic E-state index is 0.172. The highest BCUT2D eigenvalue weighted by Gasteiger charge is 2.17. The molecule has 0 aliphatic rings. The second-order valence-electron chi connectivity index (χ2n) is 3.63. The fourth-order valence-electron chi connectivity index (χ4n) is 1.34. The molecule has 17 heavy (non-hydrogen) atoms. The van der Waals surface area contributed by atoms with Crippen molar-refractivity contribution in [2.75, 3.05) is 13.7 Å². The van der Waals surface area contributed by atoms with E-state index in [0.717, 1.165) is 0 Å². The van der Waals surface area contributed by atoms with Crippen molar-refractivity contribution < 1.29 is 23.8 Å². The third kappa shape index (κ3) is 3.71. The first-order valence-corrected chi connectivity index (χ1v) is 5.23. The summed E-state index contributed by atoms with van der Waals surface area (Å²) in [5.74, 6) is -2.10. The van der Waals surface area contributed by atoms with Gasteiger partial charge in [-0.3, -0.25) is 0 Å². The molecule has 0 aliphatic carbocycles. The molecule has 5 heteroatoms. The molecule has 1 unspecified atom stereocenters. The van der Waals surface area contributed by atoms with E-state index < -0.39 is 11.8 Å². The maximum absolute atomic E-state index is 13.5. The van der Waals surface area contributed by atoms with Crippen LogP contribution in [0.15, 0.2) is 18.2 Å². The Bertz CT molecular complexity index is 392. The number of carboxylic acid groups (broad SMARTS) is 1. The molecule has 0 aromatic heterocycles. The zero-order chi connectivity index (χ0) is 12.8. The molecular weight excluding hydrogens is 227 g/mol. The Hall–Kier alpha value is -1.62. The van der Waals surface area contributed by atoms with E-state index in [2.05, 4.69) is 0 Å². The van der Waals surface area contributed by atoms with Crippen LogP contribution in [0, 0.1) is 5.82 Å². The van der Waals surface area contributed by atoms with Crippen molar-refractivity contribution in [3.63, 3.8) is 0 Å². The Morgan fingerprint density at radius 2 is 2.24 bits per heavy atom. The van der Waals surface area contributed by atoms with Crippen LogP contribution >= 0.6 is 0 Å². The van der Waals surface area contributed by atoms with Gasteiger partial charge in [-0.05, 0) is 19.1 Å². The molecule has 1 atom stereocenters. The SMILES string of the molecule is COCCC(C)Oc1c(F)cccc1C(=O)O. The predicted molar refractivity (Wildman–Crippen MR) is 59.9 cm³/mol. The van der Waals surface area contributed by atoms with E-state index in [-0.39, 0.29) is 17.4 Å². The van der Waals surface area contributed by atoms with Crippen molar-refractivity contribution in [3.8, 4) is 5.75 Å². The van der Waals surface area contributed by atoms with Gasteiger partial charge >= 0.3 is 5.97 Å². The number of methoxy groups -OCH3 is 1. The quantitative estimate of drug-likeness (QED) is 0.831. The van der Waals surface area contributed by atoms with Crippen molar-refractivity contribution in [1.82, 2.24) is 0 Å². The van der Waals surface area contributed by atoms with E-state index in [1.165, 1.54) is 18.2 Å². The van der Waals surface area contributed by atoms with Gasteiger partial charge in [0.05, 0.1) is 6.10 Å². The Labute approximate surface area is 99.0 Å². The molecule has 0 spiro atoms.